The molecular formula is C24H29N5O2S. The Morgan fingerprint density at radius 2 is 1.75 bits per heavy atom. The number of amides is 1. The van der Waals surface area contributed by atoms with Crippen LogP contribution in [0.15, 0.2) is 64.0 Å². The Balaban J connectivity index is 1.20. The lowest BCUT2D eigenvalue weighted by atomic mass is 10.2. The summed E-state index contributed by atoms with van der Waals surface area (Å²) in [4.78, 5) is 22.8. The van der Waals surface area contributed by atoms with Crippen LogP contribution in [0.25, 0.3) is 0 Å². The minimum absolute atomic E-state index is 0.0416. The van der Waals surface area contributed by atoms with Crippen molar-refractivity contribution in [3.8, 4) is 0 Å². The van der Waals surface area contributed by atoms with Gasteiger partial charge in [-0.2, -0.15) is 4.98 Å². The first-order valence-corrected chi connectivity index (χ1v) is 11.9. The van der Waals surface area contributed by atoms with Crippen LogP contribution in [0, 0.1) is 6.92 Å². The maximum absolute atomic E-state index is 12.8. The third-order valence-electron chi connectivity index (χ3n) is 5.49. The highest BCUT2D eigenvalue weighted by molar-refractivity contribution is 7.98. The molecule has 7 nitrogen and oxygen atoms in total. The van der Waals surface area contributed by atoms with Crippen LogP contribution in [-0.4, -0.2) is 65.1 Å². The number of carbonyl (C=O) groups is 1. The van der Waals surface area contributed by atoms with Crippen molar-refractivity contribution in [2.24, 2.45) is 0 Å². The first kappa shape index (κ1) is 22.5. The molecule has 0 saturated carbocycles. The molecule has 4 rings (SSSR count). The van der Waals surface area contributed by atoms with E-state index < -0.39 is 0 Å². The van der Waals surface area contributed by atoms with E-state index in [4.69, 9.17) is 4.52 Å². The van der Waals surface area contributed by atoms with Crippen molar-refractivity contribution in [1.82, 2.24) is 25.3 Å². The van der Waals surface area contributed by atoms with Crippen molar-refractivity contribution >= 4 is 17.7 Å². The number of hydrogen-bond donors (Lipinski definition) is 1. The Morgan fingerprint density at radius 1 is 1.03 bits per heavy atom. The molecule has 1 amide bonds. The number of aryl methyl sites for hydroxylation is 1. The molecule has 1 aromatic heterocycles. The third-order valence-corrected chi connectivity index (χ3v) is 6.56. The Kier molecular flexibility index (Phi) is 7.92. The van der Waals surface area contributed by atoms with Crippen LogP contribution < -0.4 is 5.32 Å². The standard InChI is InChI=1S/C24H29N5O2S/c1-19-26-23(27-31-19)18-32-22-10-6-5-9-21(22)24(30)25-11-12-28-13-15-29(16-14-28)17-20-7-3-2-4-8-20/h2-10H,11-18H2,1H3,(H,25,30). The molecule has 3 aromatic rings. The van der Waals surface area contributed by atoms with E-state index in [1.165, 1.54) is 5.56 Å². The maximum Gasteiger partial charge on any atom is 0.252 e. The number of piperazine rings is 1. The van der Waals surface area contributed by atoms with Gasteiger partial charge in [0.05, 0.1) is 11.3 Å². The van der Waals surface area contributed by atoms with Gasteiger partial charge in [-0.15, -0.1) is 11.8 Å². The lowest BCUT2D eigenvalue weighted by Gasteiger charge is -2.34. The molecule has 0 unspecified atom stereocenters. The van der Waals surface area contributed by atoms with Crippen molar-refractivity contribution < 1.29 is 9.32 Å². The number of carbonyl (C=O) groups excluding carboxylic acids is 1. The zero-order chi connectivity index (χ0) is 22.2. The van der Waals surface area contributed by atoms with Crippen LogP contribution in [0.4, 0.5) is 0 Å². The fraction of sp³-hybridized carbons (Fsp3) is 0.375. The average molecular weight is 452 g/mol. The molecule has 1 saturated heterocycles. The monoisotopic (exact) mass is 451 g/mol. The van der Waals surface area contributed by atoms with Crippen molar-refractivity contribution in [3.63, 3.8) is 0 Å². The topological polar surface area (TPSA) is 74.5 Å². The van der Waals surface area contributed by atoms with Gasteiger partial charge in [0.25, 0.3) is 5.91 Å². The largest absolute Gasteiger partial charge is 0.351 e. The van der Waals surface area contributed by atoms with Crippen LogP contribution in [0.3, 0.4) is 0 Å². The van der Waals surface area contributed by atoms with Crippen LogP contribution in [-0.2, 0) is 12.3 Å². The molecule has 168 valence electrons. The Hall–Kier alpha value is -2.68. The summed E-state index contributed by atoms with van der Waals surface area (Å²) in [5, 5.41) is 7.00. The van der Waals surface area contributed by atoms with Gasteiger partial charge in [-0.3, -0.25) is 14.6 Å². The summed E-state index contributed by atoms with van der Waals surface area (Å²) in [5.74, 6) is 1.70. The second-order valence-corrected chi connectivity index (χ2v) is 8.89. The fourth-order valence-electron chi connectivity index (χ4n) is 3.76. The fourth-order valence-corrected chi connectivity index (χ4v) is 4.65. The number of benzene rings is 2. The van der Waals surface area contributed by atoms with E-state index in [1.807, 2.05) is 24.3 Å². The first-order chi connectivity index (χ1) is 15.7. The van der Waals surface area contributed by atoms with Crippen molar-refractivity contribution in [1.29, 1.82) is 0 Å². The van der Waals surface area contributed by atoms with Gasteiger partial charge < -0.3 is 9.84 Å². The molecule has 0 radical (unpaired) electrons. The highest BCUT2D eigenvalue weighted by atomic mass is 32.2. The summed E-state index contributed by atoms with van der Waals surface area (Å²) < 4.78 is 5.02. The maximum atomic E-state index is 12.8. The lowest BCUT2D eigenvalue weighted by Crippen LogP contribution is -2.48. The first-order valence-electron chi connectivity index (χ1n) is 11.0. The van der Waals surface area contributed by atoms with E-state index in [2.05, 4.69) is 55.6 Å². The van der Waals surface area contributed by atoms with E-state index in [9.17, 15) is 4.79 Å². The molecule has 8 heteroatoms. The molecule has 1 N–H and O–H groups in total. The number of nitrogens with one attached hydrogen (secondary N) is 1. The van der Waals surface area contributed by atoms with Crippen LogP contribution in [0.1, 0.15) is 27.6 Å². The van der Waals surface area contributed by atoms with Crippen LogP contribution >= 0.6 is 11.8 Å². The molecule has 0 spiro atoms. The molecule has 32 heavy (non-hydrogen) atoms. The Morgan fingerprint density at radius 3 is 2.50 bits per heavy atom. The molecule has 0 aliphatic carbocycles. The summed E-state index contributed by atoms with van der Waals surface area (Å²) in [6, 6.07) is 18.3. The van der Waals surface area contributed by atoms with Crippen LogP contribution in [0.5, 0.6) is 0 Å². The second kappa shape index (κ2) is 11.3. The molecular weight excluding hydrogens is 422 g/mol. The molecule has 0 atom stereocenters. The molecule has 1 fully saturated rings. The Bertz CT molecular complexity index is 1000. The van der Waals surface area contributed by atoms with E-state index in [-0.39, 0.29) is 5.91 Å². The van der Waals surface area contributed by atoms with Crippen LogP contribution in [0.2, 0.25) is 0 Å². The number of aromatic nitrogens is 2. The van der Waals surface area contributed by atoms with Gasteiger partial charge in [-0.05, 0) is 17.7 Å². The number of rotatable bonds is 9. The quantitative estimate of drug-likeness (QED) is 0.501. The second-order valence-electron chi connectivity index (χ2n) is 7.87. The van der Waals surface area contributed by atoms with Gasteiger partial charge in [0.1, 0.15) is 0 Å². The summed E-state index contributed by atoms with van der Waals surface area (Å²) in [5.41, 5.74) is 2.05. The molecule has 2 aromatic carbocycles. The Labute approximate surface area is 193 Å². The molecule has 1 aliphatic rings. The van der Waals surface area contributed by atoms with E-state index >= 15 is 0 Å². The van der Waals surface area contributed by atoms with Gasteiger partial charge in [-0.1, -0.05) is 47.6 Å². The minimum Gasteiger partial charge on any atom is -0.351 e. The van der Waals surface area contributed by atoms with Gasteiger partial charge in [-0.25, -0.2) is 0 Å². The molecule has 2 heterocycles. The zero-order valence-electron chi connectivity index (χ0n) is 18.4. The number of hydrogen-bond acceptors (Lipinski definition) is 7. The zero-order valence-corrected chi connectivity index (χ0v) is 19.2. The normalized spacial score (nSPS) is 15.0. The summed E-state index contributed by atoms with van der Waals surface area (Å²) in [6.45, 7) is 8.44. The predicted molar refractivity (Wildman–Crippen MR) is 126 cm³/mol. The van der Waals surface area contributed by atoms with Gasteiger partial charge in [0.2, 0.25) is 5.89 Å². The summed E-state index contributed by atoms with van der Waals surface area (Å²) >= 11 is 1.54. The highest BCUT2D eigenvalue weighted by Crippen LogP contribution is 2.25. The van der Waals surface area contributed by atoms with Crippen molar-refractivity contribution in [2.75, 3.05) is 39.3 Å². The molecule has 1 aliphatic heterocycles. The predicted octanol–water partition coefficient (Wildman–Crippen LogP) is 3.22. The SMILES string of the molecule is Cc1nc(CSc2ccccc2C(=O)NCCN2CCN(Cc3ccccc3)CC2)no1. The summed E-state index contributed by atoms with van der Waals surface area (Å²) in [6.07, 6.45) is 0. The summed E-state index contributed by atoms with van der Waals surface area (Å²) in [7, 11) is 0. The van der Waals surface area contributed by atoms with E-state index in [0.29, 0.717) is 29.6 Å². The number of nitrogens with zero attached hydrogens (tertiary/aromatic N) is 4. The average Bonchev–Trinajstić information content (AvgIpc) is 3.25. The van der Waals surface area contributed by atoms with Gasteiger partial charge in [0.15, 0.2) is 5.82 Å². The van der Waals surface area contributed by atoms with Crippen molar-refractivity contribution in [2.45, 2.75) is 24.1 Å². The smallest absolute Gasteiger partial charge is 0.252 e. The minimum atomic E-state index is -0.0416. The molecule has 0 bridgehead atoms. The highest BCUT2D eigenvalue weighted by Gasteiger charge is 2.17. The number of thioether (sulfide) groups is 1. The van der Waals surface area contributed by atoms with Gasteiger partial charge >= 0.3 is 0 Å². The van der Waals surface area contributed by atoms with E-state index in [0.717, 1.165) is 44.2 Å². The third kappa shape index (κ3) is 6.41. The van der Waals surface area contributed by atoms with E-state index in [1.54, 1.807) is 18.7 Å². The van der Waals surface area contributed by atoms with Crippen molar-refractivity contribution in [3.05, 3.63) is 77.4 Å². The van der Waals surface area contributed by atoms with Gasteiger partial charge in [0, 0.05) is 57.6 Å². The lowest BCUT2D eigenvalue weighted by molar-refractivity contribution is 0.0931.